The van der Waals surface area contributed by atoms with Gasteiger partial charge in [0, 0.05) is 26.0 Å². The number of rotatable bonds is 6. The number of nitrogens with zero attached hydrogens (tertiary/aromatic N) is 5. The lowest BCUT2D eigenvalue weighted by Gasteiger charge is -2.12. The molecule has 7 heteroatoms. The van der Waals surface area contributed by atoms with Crippen LogP contribution in [0, 0.1) is 11.8 Å². The first-order valence-electron chi connectivity index (χ1n) is 6.92. The molecule has 2 heterocycles. The normalized spacial score (nSPS) is 15.9. The van der Waals surface area contributed by atoms with Crippen molar-refractivity contribution >= 4 is 11.9 Å². The molecule has 1 atom stereocenters. The smallest absolute Gasteiger partial charge is 0.241 e. The highest BCUT2D eigenvalue weighted by molar-refractivity contribution is 5.37. The van der Waals surface area contributed by atoms with E-state index in [0.717, 1.165) is 12.5 Å². The summed E-state index contributed by atoms with van der Waals surface area (Å²) < 4.78 is 1.76. The molecule has 1 fully saturated rings. The van der Waals surface area contributed by atoms with Gasteiger partial charge in [0.05, 0.1) is 0 Å². The maximum absolute atomic E-state index is 4.43. The first kappa shape index (κ1) is 12.8. The Balaban J connectivity index is 1.77. The van der Waals surface area contributed by atoms with Gasteiger partial charge in [-0.15, -0.1) is 0 Å². The number of nitrogens with one attached hydrogen (secondary N) is 2. The largest absolute Gasteiger partial charge is 0.357 e. The molecule has 0 bridgehead atoms. The number of hydrogen-bond acceptors (Lipinski definition) is 6. The zero-order chi connectivity index (χ0) is 13.9. The zero-order valence-corrected chi connectivity index (χ0v) is 11.7. The minimum absolute atomic E-state index is 0.547. The number of anilines is 2. The van der Waals surface area contributed by atoms with Crippen molar-refractivity contribution in [1.29, 1.82) is 0 Å². The van der Waals surface area contributed by atoms with Crippen LogP contribution in [-0.2, 0) is 0 Å². The van der Waals surface area contributed by atoms with Crippen molar-refractivity contribution in [2.24, 2.45) is 11.8 Å². The van der Waals surface area contributed by atoms with E-state index in [1.54, 1.807) is 24.1 Å². The van der Waals surface area contributed by atoms with E-state index in [4.69, 9.17) is 0 Å². The first-order chi connectivity index (χ1) is 9.76. The van der Waals surface area contributed by atoms with Crippen LogP contribution in [0.2, 0.25) is 0 Å². The molecule has 2 aromatic rings. The van der Waals surface area contributed by atoms with Gasteiger partial charge in [-0.25, -0.2) is 4.98 Å². The van der Waals surface area contributed by atoms with Gasteiger partial charge < -0.3 is 10.6 Å². The maximum atomic E-state index is 4.43. The monoisotopic (exact) mass is 273 g/mol. The van der Waals surface area contributed by atoms with E-state index in [1.165, 1.54) is 12.8 Å². The topological polar surface area (TPSA) is 80.5 Å². The molecule has 1 saturated carbocycles. The minimum Gasteiger partial charge on any atom is -0.357 e. The van der Waals surface area contributed by atoms with Crippen LogP contribution in [0.15, 0.2) is 18.7 Å². The highest BCUT2D eigenvalue weighted by Crippen LogP contribution is 2.36. The summed E-state index contributed by atoms with van der Waals surface area (Å²) in [5.74, 6) is 3.22. The van der Waals surface area contributed by atoms with Crippen LogP contribution in [0.4, 0.5) is 11.9 Å². The summed E-state index contributed by atoms with van der Waals surface area (Å²) in [6.07, 6.45) is 7.88. The average molecular weight is 273 g/mol. The summed E-state index contributed by atoms with van der Waals surface area (Å²) in [6.45, 7) is 3.16. The van der Waals surface area contributed by atoms with Gasteiger partial charge in [0.1, 0.15) is 6.33 Å². The molecule has 0 saturated heterocycles. The van der Waals surface area contributed by atoms with Crippen molar-refractivity contribution in [3.63, 3.8) is 0 Å². The third kappa shape index (κ3) is 2.87. The van der Waals surface area contributed by atoms with Crippen molar-refractivity contribution in [2.45, 2.75) is 19.8 Å². The lowest BCUT2D eigenvalue weighted by atomic mass is 10.1. The fourth-order valence-corrected chi connectivity index (χ4v) is 2.13. The van der Waals surface area contributed by atoms with Gasteiger partial charge in [-0.2, -0.15) is 15.0 Å². The Labute approximate surface area is 117 Å². The molecule has 0 aliphatic heterocycles. The summed E-state index contributed by atoms with van der Waals surface area (Å²) in [6, 6.07) is 0. The van der Waals surface area contributed by atoms with Gasteiger partial charge in [-0.05, 0) is 24.7 Å². The highest BCUT2D eigenvalue weighted by atomic mass is 15.3. The molecular weight excluding hydrogens is 254 g/mol. The van der Waals surface area contributed by atoms with Crippen LogP contribution in [-0.4, -0.2) is 38.1 Å². The van der Waals surface area contributed by atoms with Crippen molar-refractivity contribution in [3.05, 3.63) is 18.7 Å². The second kappa shape index (κ2) is 5.44. The van der Waals surface area contributed by atoms with E-state index in [-0.39, 0.29) is 0 Å². The van der Waals surface area contributed by atoms with E-state index in [0.29, 0.717) is 23.8 Å². The minimum atomic E-state index is 0.547. The Hall–Kier alpha value is -2.18. The Bertz CT molecular complexity index is 562. The molecule has 0 amide bonds. The number of aromatic nitrogens is 5. The molecule has 0 radical (unpaired) electrons. The maximum Gasteiger partial charge on any atom is 0.241 e. The van der Waals surface area contributed by atoms with Crippen molar-refractivity contribution in [3.8, 4) is 5.95 Å². The Morgan fingerprint density at radius 2 is 2.10 bits per heavy atom. The predicted octanol–water partition coefficient (Wildman–Crippen LogP) is 1.56. The summed E-state index contributed by atoms with van der Waals surface area (Å²) >= 11 is 0. The van der Waals surface area contributed by atoms with Crippen LogP contribution in [0.1, 0.15) is 19.8 Å². The molecular formula is C13H19N7. The molecule has 3 rings (SSSR count). The van der Waals surface area contributed by atoms with Crippen LogP contribution >= 0.6 is 0 Å². The quantitative estimate of drug-likeness (QED) is 0.831. The fourth-order valence-electron chi connectivity index (χ4n) is 2.13. The van der Waals surface area contributed by atoms with Crippen molar-refractivity contribution in [1.82, 2.24) is 24.5 Å². The van der Waals surface area contributed by atoms with Gasteiger partial charge in [-0.3, -0.25) is 4.57 Å². The standard InChI is InChI=1S/C13H19N7/c1-9(10-3-4-10)7-16-12-17-11(14-2)18-13(19-12)20-6-5-15-8-20/h5-6,8-10H,3-4,7H2,1-2H3,(H2,14,16,17,18,19). The van der Waals surface area contributed by atoms with Gasteiger partial charge in [-0.1, -0.05) is 6.92 Å². The summed E-state index contributed by atoms with van der Waals surface area (Å²) in [4.78, 5) is 17.1. The molecule has 0 aromatic carbocycles. The second-order valence-electron chi connectivity index (χ2n) is 5.20. The van der Waals surface area contributed by atoms with Crippen LogP contribution in [0.25, 0.3) is 5.95 Å². The first-order valence-corrected chi connectivity index (χ1v) is 6.92. The van der Waals surface area contributed by atoms with Crippen molar-refractivity contribution in [2.75, 3.05) is 24.2 Å². The van der Waals surface area contributed by atoms with E-state index >= 15 is 0 Å². The Morgan fingerprint density at radius 1 is 1.30 bits per heavy atom. The zero-order valence-electron chi connectivity index (χ0n) is 11.7. The highest BCUT2D eigenvalue weighted by Gasteiger charge is 2.27. The Morgan fingerprint density at radius 3 is 2.75 bits per heavy atom. The van der Waals surface area contributed by atoms with Crippen molar-refractivity contribution < 1.29 is 0 Å². The molecule has 2 N–H and O–H groups in total. The SMILES string of the molecule is CNc1nc(NCC(C)C2CC2)nc(-n2ccnc2)n1. The lowest BCUT2D eigenvalue weighted by Crippen LogP contribution is -2.16. The van der Waals surface area contributed by atoms with Gasteiger partial charge in [0.25, 0.3) is 0 Å². The van der Waals surface area contributed by atoms with E-state index in [9.17, 15) is 0 Å². The van der Waals surface area contributed by atoms with Gasteiger partial charge in [0.2, 0.25) is 17.8 Å². The summed E-state index contributed by atoms with van der Waals surface area (Å²) in [5, 5.41) is 6.26. The molecule has 1 aliphatic carbocycles. The van der Waals surface area contributed by atoms with Gasteiger partial charge in [0.15, 0.2) is 0 Å². The average Bonchev–Trinajstić information content (AvgIpc) is 3.19. The molecule has 106 valence electrons. The van der Waals surface area contributed by atoms with E-state index in [1.807, 2.05) is 6.20 Å². The molecule has 1 unspecified atom stereocenters. The molecule has 0 spiro atoms. The number of hydrogen-bond donors (Lipinski definition) is 2. The third-order valence-electron chi connectivity index (χ3n) is 3.59. The van der Waals surface area contributed by atoms with Crippen LogP contribution in [0.5, 0.6) is 0 Å². The lowest BCUT2D eigenvalue weighted by molar-refractivity contribution is 0.535. The molecule has 2 aromatic heterocycles. The van der Waals surface area contributed by atoms with E-state index < -0.39 is 0 Å². The summed E-state index contributed by atoms with van der Waals surface area (Å²) in [5.41, 5.74) is 0. The molecule has 7 nitrogen and oxygen atoms in total. The van der Waals surface area contributed by atoms with Crippen LogP contribution < -0.4 is 10.6 Å². The fraction of sp³-hybridized carbons (Fsp3) is 0.538. The van der Waals surface area contributed by atoms with E-state index in [2.05, 4.69) is 37.5 Å². The molecule has 20 heavy (non-hydrogen) atoms. The third-order valence-corrected chi connectivity index (χ3v) is 3.59. The van der Waals surface area contributed by atoms with Crippen LogP contribution in [0.3, 0.4) is 0 Å². The second-order valence-corrected chi connectivity index (χ2v) is 5.20. The predicted molar refractivity (Wildman–Crippen MR) is 76.9 cm³/mol. The molecule has 1 aliphatic rings. The van der Waals surface area contributed by atoms with Gasteiger partial charge >= 0.3 is 0 Å². The number of imidazole rings is 1. The Kier molecular flexibility index (Phi) is 3.49. The summed E-state index contributed by atoms with van der Waals surface area (Å²) in [7, 11) is 1.80.